The zero-order valence-corrected chi connectivity index (χ0v) is 15.4. The first-order valence-corrected chi connectivity index (χ1v) is 10.7. The zero-order chi connectivity index (χ0) is 15.4. The monoisotopic (exact) mass is 384 g/mol. The molecule has 0 spiro atoms. The maximum atomic E-state index is 2.45. The van der Waals surface area contributed by atoms with Crippen LogP contribution in [0.4, 0.5) is 0 Å². The second kappa shape index (κ2) is 15.9. The molecule has 0 bridgehead atoms. The van der Waals surface area contributed by atoms with Crippen LogP contribution in [-0.2, 0) is 0 Å². The molecule has 168 valence electrons. The Bertz CT molecular complexity index is 264. The van der Waals surface area contributed by atoms with Crippen LogP contribution in [0.1, 0.15) is 141 Å². The van der Waals surface area contributed by atoms with Crippen LogP contribution < -0.4 is 0 Å². The molecule has 3 fully saturated rings. The van der Waals surface area contributed by atoms with E-state index < -0.39 is 0 Å². The number of hydrogen-bond donors (Lipinski definition) is 0. The summed E-state index contributed by atoms with van der Waals surface area (Å²) >= 11 is 0. The molecule has 0 amide bonds. The topological polar surface area (TPSA) is 0 Å². The Morgan fingerprint density at radius 1 is 0.370 bits per heavy atom. The van der Waals surface area contributed by atoms with E-state index >= 15 is 0 Å². The minimum absolute atomic E-state index is 0. The highest BCUT2D eigenvalue weighted by Crippen LogP contribution is 2.41. The van der Waals surface area contributed by atoms with E-state index in [0.29, 0.717) is 0 Å². The Hall–Kier alpha value is 0. The van der Waals surface area contributed by atoms with Gasteiger partial charge in [0.1, 0.15) is 0 Å². The van der Waals surface area contributed by atoms with Crippen molar-refractivity contribution in [3.8, 4) is 0 Å². The molecule has 3 aliphatic rings. The third kappa shape index (κ3) is 10.4. The minimum Gasteiger partial charge on any atom is -0.0776 e. The van der Waals surface area contributed by atoms with E-state index in [4.69, 9.17) is 0 Å². The van der Waals surface area contributed by atoms with Gasteiger partial charge in [-0.25, -0.2) is 0 Å². The first-order chi connectivity index (χ1) is 10.7. The summed E-state index contributed by atoms with van der Waals surface area (Å²) in [5.41, 5.74) is 0. The van der Waals surface area contributed by atoms with Crippen molar-refractivity contribution in [1.82, 2.24) is 0 Å². The van der Waals surface area contributed by atoms with Gasteiger partial charge in [0.25, 0.3) is 0 Å². The second-order valence-corrected chi connectivity index (χ2v) is 9.61. The Kier molecular flexibility index (Phi) is 18.6. The van der Waals surface area contributed by atoms with E-state index in [9.17, 15) is 0 Å². The summed E-state index contributed by atoms with van der Waals surface area (Å²) in [6.07, 6.45) is 21.7. The van der Waals surface area contributed by atoms with Crippen LogP contribution in [0.25, 0.3) is 0 Å². The fourth-order valence-corrected chi connectivity index (χ4v) is 5.78. The lowest BCUT2D eigenvalue weighted by Gasteiger charge is -2.35. The largest absolute Gasteiger partial charge is 0.0776 e. The van der Waals surface area contributed by atoms with Gasteiger partial charge in [0.05, 0.1) is 0 Å². The van der Waals surface area contributed by atoms with E-state index in [1.165, 1.54) is 25.7 Å². The Labute approximate surface area is 176 Å². The maximum absolute atomic E-state index is 2.45. The zero-order valence-electron chi connectivity index (χ0n) is 15.4. The van der Waals surface area contributed by atoms with E-state index in [2.05, 4.69) is 13.8 Å². The van der Waals surface area contributed by atoms with Crippen molar-refractivity contribution in [3.63, 3.8) is 0 Å². The Balaban J connectivity index is -0.00000115. The summed E-state index contributed by atoms with van der Waals surface area (Å²) in [5, 5.41) is 0. The van der Waals surface area contributed by atoms with Crippen LogP contribution in [0.2, 0.25) is 0 Å². The molecular formula is C27H60. The molecule has 0 radical (unpaired) electrons. The molecule has 3 rings (SSSR count). The third-order valence-corrected chi connectivity index (χ3v) is 7.57. The Morgan fingerprint density at radius 3 is 0.778 bits per heavy atom. The van der Waals surface area contributed by atoms with Crippen LogP contribution in [0.3, 0.4) is 0 Å². The molecule has 0 N–H and O–H groups in total. The first kappa shape index (κ1) is 31.7. The summed E-state index contributed by atoms with van der Waals surface area (Å²) < 4.78 is 0. The highest BCUT2D eigenvalue weighted by Gasteiger charge is 2.28. The summed E-state index contributed by atoms with van der Waals surface area (Å²) in [4.78, 5) is 0. The first-order valence-electron chi connectivity index (χ1n) is 10.7. The summed E-state index contributed by atoms with van der Waals surface area (Å²) in [7, 11) is 0. The van der Waals surface area contributed by atoms with Gasteiger partial charge in [0.2, 0.25) is 0 Å². The van der Waals surface area contributed by atoms with Gasteiger partial charge in [-0.15, -0.1) is 0 Å². The molecule has 0 aromatic rings. The fraction of sp³-hybridized carbons (Fsp3) is 1.00. The molecule has 0 aromatic heterocycles. The minimum atomic E-state index is 0. The molecule has 0 heteroatoms. The maximum Gasteiger partial charge on any atom is -0.0411 e. The SMILES string of the molecule is C.C.C.C.C.CC1CCC(CC2CCC(CC3CCC(C)CC3)CC2)CC1. The molecular weight excluding hydrogens is 324 g/mol. The van der Waals surface area contributed by atoms with Gasteiger partial charge in [-0.3, -0.25) is 0 Å². The van der Waals surface area contributed by atoms with Gasteiger partial charge in [0, 0.05) is 0 Å². The molecule has 0 heterocycles. The van der Waals surface area contributed by atoms with Crippen LogP contribution in [-0.4, -0.2) is 0 Å². The van der Waals surface area contributed by atoms with Crippen LogP contribution in [0.15, 0.2) is 0 Å². The van der Waals surface area contributed by atoms with E-state index in [0.717, 1.165) is 35.5 Å². The van der Waals surface area contributed by atoms with Gasteiger partial charge in [-0.05, 0) is 48.3 Å². The lowest BCUT2D eigenvalue weighted by molar-refractivity contribution is 0.168. The fourth-order valence-electron chi connectivity index (χ4n) is 5.78. The lowest BCUT2D eigenvalue weighted by atomic mass is 9.70. The van der Waals surface area contributed by atoms with Gasteiger partial charge >= 0.3 is 0 Å². The third-order valence-electron chi connectivity index (χ3n) is 7.57. The molecule has 27 heavy (non-hydrogen) atoms. The predicted molar refractivity (Wildman–Crippen MR) is 131 cm³/mol. The average Bonchev–Trinajstić information content (AvgIpc) is 2.54. The highest BCUT2D eigenvalue weighted by molar-refractivity contribution is 4.80. The molecule has 3 aliphatic carbocycles. The molecule has 0 aliphatic heterocycles. The van der Waals surface area contributed by atoms with Crippen molar-refractivity contribution in [2.24, 2.45) is 35.5 Å². The highest BCUT2D eigenvalue weighted by atomic mass is 14.3. The molecule has 3 saturated carbocycles. The van der Waals surface area contributed by atoms with Gasteiger partial charge < -0.3 is 0 Å². The van der Waals surface area contributed by atoms with E-state index in [1.807, 2.05) is 0 Å². The molecule has 0 nitrogen and oxygen atoms in total. The van der Waals surface area contributed by atoms with Crippen molar-refractivity contribution >= 4 is 0 Å². The van der Waals surface area contributed by atoms with Crippen molar-refractivity contribution < 1.29 is 0 Å². The molecule has 0 saturated heterocycles. The summed E-state index contributed by atoms with van der Waals surface area (Å²) in [6, 6.07) is 0. The quantitative estimate of drug-likeness (QED) is 0.452. The average molecular weight is 385 g/mol. The van der Waals surface area contributed by atoms with Crippen LogP contribution in [0.5, 0.6) is 0 Å². The number of hydrogen-bond acceptors (Lipinski definition) is 0. The van der Waals surface area contributed by atoms with Crippen molar-refractivity contribution in [1.29, 1.82) is 0 Å². The summed E-state index contributed by atoms with van der Waals surface area (Å²) in [6.45, 7) is 4.90. The van der Waals surface area contributed by atoms with E-state index in [-0.39, 0.29) is 37.1 Å². The number of rotatable bonds is 4. The van der Waals surface area contributed by atoms with Crippen molar-refractivity contribution in [2.45, 2.75) is 141 Å². The van der Waals surface area contributed by atoms with Crippen LogP contribution >= 0.6 is 0 Å². The van der Waals surface area contributed by atoms with Crippen molar-refractivity contribution in [3.05, 3.63) is 0 Å². The van der Waals surface area contributed by atoms with Gasteiger partial charge in [-0.2, -0.15) is 0 Å². The molecule has 0 atom stereocenters. The summed E-state index contributed by atoms with van der Waals surface area (Å²) in [5.74, 6) is 6.42. The van der Waals surface area contributed by atoms with E-state index in [1.54, 1.807) is 64.2 Å². The van der Waals surface area contributed by atoms with Gasteiger partial charge in [0.15, 0.2) is 0 Å². The van der Waals surface area contributed by atoms with Crippen molar-refractivity contribution in [2.75, 3.05) is 0 Å². The molecule has 0 aromatic carbocycles. The predicted octanol–water partition coefficient (Wildman–Crippen LogP) is 10.4. The lowest BCUT2D eigenvalue weighted by Crippen LogP contribution is -2.22. The smallest absolute Gasteiger partial charge is 0.0411 e. The Morgan fingerprint density at radius 2 is 0.556 bits per heavy atom. The normalized spacial score (nSPS) is 35.8. The van der Waals surface area contributed by atoms with Crippen LogP contribution in [0, 0.1) is 35.5 Å². The van der Waals surface area contributed by atoms with Gasteiger partial charge in [-0.1, -0.05) is 128 Å². The molecule has 0 unspecified atom stereocenters. The second-order valence-electron chi connectivity index (χ2n) is 9.61. The standard InChI is InChI=1S/C22H40.5CH4/c1-17-3-7-19(8-4-17)15-21-11-13-22(14-12-21)16-20-9-5-18(2)6-10-20;;;;;/h17-22H,3-16H2,1-2H3;5*1H4.